The Morgan fingerprint density at radius 3 is 2.03 bits per heavy atom. The third-order valence-electron chi connectivity index (χ3n) is 4.79. The lowest BCUT2D eigenvalue weighted by atomic mass is 9.87. The molecule has 0 saturated heterocycles. The summed E-state index contributed by atoms with van der Waals surface area (Å²) in [6.45, 7) is 6.29. The third kappa shape index (κ3) is 6.37. The molecule has 32 heavy (non-hydrogen) atoms. The van der Waals surface area contributed by atoms with Crippen LogP contribution in [0.4, 0.5) is 10.1 Å². The molecule has 0 fully saturated rings. The van der Waals surface area contributed by atoms with Gasteiger partial charge < -0.3 is 10.6 Å². The van der Waals surface area contributed by atoms with Gasteiger partial charge in [-0.3, -0.25) is 9.59 Å². The van der Waals surface area contributed by atoms with Crippen LogP contribution in [0.25, 0.3) is 6.08 Å². The number of carbonyl (C=O) groups excluding carboxylic acids is 2. The molecule has 0 aliphatic heterocycles. The summed E-state index contributed by atoms with van der Waals surface area (Å²) in [4.78, 5) is 25.8. The van der Waals surface area contributed by atoms with Gasteiger partial charge in [-0.15, -0.1) is 0 Å². The molecule has 0 spiro atoms. The van der Waals surface area contributed by atoms with Crippen LogP contribution in [0.15, 0.2) is 83.0 Å². The van der Waals surface area contributed by atoms with E-state index in [1.807, 2.05) is 36.4 Å². The highest BCUT2D eigenvalue weighted by molar-refractivity contribution is 9.10. The van der Waals surface area contributed by atoms with Crippen molar-refractivity contribution in [3.8, 4) is 0 Å². The molecular weight excluding hydrogens is 471 g/mol. The Morgan fingerprint density at radius 1 is 0.875 bits per heavy atom. The van der Waals surface area contributed by atoms with Crippen LogP contribution in [0, 0.1) is 5.82 Å². The fourth-order valence-electron chi connectivity index (χ4n) is 2.93. The zero-order valence-electron chi connectivity index (χ0n) is 18.1. The lowest BCUT2D eigenvalue weighted by molar-refractivity contribution is -0.113. The number of hydrogen-bond acceptors (Lipinski definition) is 2. The van der Waals surface area contributed by atoms with Gasteiger partial charge in [0.2, 0.25) is 0 Å². The largest absolute Gasteiger partial charge is 0.321 e. The second-order valence-electron chi connectivity index (χ2n) is 8.35. The molecule has 0 saturated carbocycles. The zero-order valence-corrected chi connectivity index (χ0v) is 19.7. The normalized spacial score (nSPS) is 11.7. The lowest BCUT2D eigenvalue weighted by Crippen LogP contribution is -2.30. The fraction of sp³-hybridized carbons (Fsp3) is 0.154. The highest BCUT2D eigenvalue weighted by Crippen LogP contribution is 2.22. The molecule has 0 aliphatic carbocycles. The molecule has 2 N–H and O–H groups in total. The number of amides is 2. The van der Waals surface area contributed by atoms with Crippen molar-refractivity contribution < 1.29 is 14.0 Å². The molecule has 0 unspecified atom stereocenters. The summed E-state index contributed by atoms with van der Waals surface area (Å²) >= 11 is 3.38. The minimum absolute atomic E-state index is 0.0311. The fourth-order valence-corrected chi connectivity index (χ4v) is 3.20. The number of anilines is 1. The van der Waals surface area contributed by atoms with Crippen molar-refractivity contribution >= 4 is 39.5 Å². The van der Waals surface area contributed by atoms with Crippen LogP contribution in [0.3, 0.4) is 0 Å². The van der Waals surface area contributed by atoms with Gasteiger partial charge in [-0.2, -0.15) is 0 Å². The van der Waals surface area contributed by atoms with Crippen molar-refractivity contribution in [3.05, 3.63) is 105 Å². The maximum atomic E-state index is 13.2. The zero-order chi connectivity index (χ0) is 23.3. The Kier molecular flexibility index (Phi) is 7.26. The number of carbonyl (C=O) groups is 2. The molecule has 0 radical (unpaired) electrons. The lowest BCUT2D eigenvalue weighted by Gasteiger charge is -2.19. The summed E-state index contributed by atoms with van der Waals surface area (Å²) in [5, 5.41) is 5.40. The Labute approximate surface area is 195 Å². The van der Waals surface area contributed by atoms with Crippen LogP contribution in [0.5, 0.6) is 0 Å². The topological polar surface area (TPSA) is 58.2 Å². The van der Waals surface area contributed by atoms with Crippen LogP contribution in [0.1, 0.15) is 42.3 Å². The van der Waals surface area contributed by atoms with Gasteiger partial charge in [-0.25, -0.2) is 4.39 Å². The first-order valence-corrected chi connectivity index (χ1v) is 10.9. The SMILES string of the molecule is CC(C)(C)c1ccc(C(=O)NC(=Cc2ccc(Br)cc2)C(=O)Nc2ccc(F)cc2)cc1. The van der Waals surface area contributed by atoms with E-state index in [-0.39, 0.29) is 11.1 Å². The van der Waals surface area contributed by atoms with E-state index in [4.69, 9.17) is 0 Å². The minimum atomic E-state index is -0.515. The van der Waals surface area contributed by atoms with Crippen molar-refractivity contribution in [2.24, 2.45) is 0 Å². The molecule has 0 atom stereocenters. The monoisotopic (exact) mass is 494 g/mol. The summed E-state index contributed by atoms with van der Waals surface area (Å²) in [6, 6.07) is 20.0. The quantitative estimate of drug-likeness (QED) is 0.409. The standard InChI is InChI=1S/C26H24BrFN2O2/c1-26(2,3)19-8-6-18(7-9-19)24(31)30-23(16-17-4-10-20(27)11-5-17)25(32)29-22-14-12-21(28)13-15-22/h4-16H,1-3H3,(H,29,32)(H,30,31). The maximum absolute atomic E-state index is 13.2. The van der Waals surface area contributed by atoms with E-state index in [1.165, 1.54) is 24.3 Å². The molecule has 0 aliphatic rings. The van der Waals surface area contributed by atoms with Gasteiger partial charge in [0.25, 0.3) is 11.8 Å². The summed E-state index contributed by atoms with van der Waals surface area (Å²) in [7, 11) is 0. The molecule has 0 heterocycles. The molecule has 3 aromatic carbocycles. The van der Waals surface area contributed by atoms with Gasteiger partial charge in [-0.1, -0.05) is 61.0 Å². The van der Waals surface area contributed by atoms with Crippen molar-refractivity contribution in [1.82, 2.24) is 5.32 Å². The molecular formula is C26H24BrFN2O2. The first-order chi connectivity index (χ1) is 15.1. The van der Waals surface area contributed by atoms with E-state index in [9.17, 15) is 14.0 Å². The van der Waals surface area contributed by atoms with Crippen LogP contribution < -0.4 is 10.6 Å². The van der Waals surface area contributed by atoms with E-state index >= 15 is 0 Å². The predicted octanol–water partition coefficient (Wildman–Crippen LogP) is 6.30. The Morgan fingerprint density at radius 2 is 1.47 bits per heavy atom. The molecule has 3 aromatic rings. The minimum Gasteiger partial charge on any atom is -0.321 e. The van der Waals surface area contributed by atoms with Gasteiger partial charge in [0, 0.05) is 15.7 Å². The Balaban J connectivity index is 1.86. The molecule has 0 aromatic heterocycles. The van der Waals surface area contributed by atoms with E-state index in [0.29, 0.717) is 11.3 Å². The van der Waals surface area contributed by atoms with E-state index in [2.05, 4.69) is 47.3 Å². The molecule has 4 nitrogen and oxygen atoms in total. The summed E-state index contributed by atoms with van der Waals surface area (Å²) in [6.07, 6.45) is 1.59. The van der Waals surface area contributed by atoms with E-state index in [0.717, 1.165) is 15.6 Å². The number of hydrogen-bond donors (Lipinski definition) is 2. The average molecular weight is 495 g/mol. The second kappa shape index (κ2) is 9.92. The van der Waals surface area contributed by atoms with E-state index < -0.39 is 17.6 Å². The Hall–Kier alpha value is -3.25. The van der Waals surface area contributed by atoms with Crippen molar-refractivity contribution in [3.63, 3.8) is 0 Å². The molecule has 3 rings (SSSR count). The van der Waals surface area contributed by atoms with Gasteiger partial charge in [0.05, 0.1) is 0 Å². The summed E-state index contributed by atoms with van der Waals surface area (Å²) in [5.41, 5.74) is 2.74. The van der Waals surface area contributed by atoms with Gasteiger partial charge >= 0.3 is 0 Å². The van der Waals surface area contributed by atoms with Crippen LogP contribution in [-0.4, -0.2) is 11.8 Å². The summed E-state index contributed by atoms with van der Waals surface area (Å²) in [5.74, 6) is -1.32. The third-order valence-corrected chi connectivity index (χ3v) is 5.32. The van der Waals surface area contributed by atoms with Crippen LogP contribution in [-0.2, 0) is 10.2 Å². The number of benzene rings is 3. The smallest absolute Gasteiger partial charge is 0.272 e. The number of halogens is 2. The maximum Gasteiger partial charge on any atom is 0.272 e. The van der Waals surface area contributed by atoms with Crippen LogP contribution in [0.2, 0.25) is 0 Å². The number of rotatable bonds is 5. The predicted molar refractivity (Wildman–Crippen MR) is 130 cm³/mol. The van der Waals surface area contributed by atoms with Crippen molar-refractivity contribution in [2.75, 3.05) is 5.32 Å². The highest BCUT2D eigenvalue weighted by atomic mass is 79.9. The molecule has 2 amide bonds. The van der Waals surface area contributed by atoms with E-state index in [1.54, 1.807) is 18.2 Å². The number of nitrogens with one attached hydrogen (secondary N) is 2. The summed E-state index contributed by atoms with van der Waals surface area (Å²) < 4.78 is 14.1. The van der Waals surface area contributed by atoms with Crippen molar-refractivity contribution in [2.45, 2.75) is 26.2 Å². The molecule has 6 heteroatoms. The van der Waals surface area contributed by atoms with Gasteiger partial charge in [-0.05, 0) is 71.1 Å². The van der Waals surface area contributed by atoms with Crippen LogP contribution >= 0.6 is 15.9 Å². The van der Waals surface area contributed by atoms with Gasteiger partial charge in [0.15, 0.2) is 0 Å². The second-order valence-corrected chi connectivity index (χ2v) is 9.27. The first-order valence-electron chi connectivity index (χ1n) is 10.1. The Bertz CT molecular complexity index is 1130. The molecule has 0 bridgehead atoms. The highest BCUT2D eigenvalue weighted by Gasteiger charge is 2.17. The first kappa shape index (κ1) is 23.4. The molecule has 164 valence electrons. The van der Waals surface area contributed by atoms with Crippen molar-refractivity contribution in [1.29, 1.82) is 0 Å². The average Bonchev–Trinajstić information content (AvgIpc) is 2.75. The van der Waals surface area contributed by atoms with Gasteiger partial charge in [0.1, 0.15) is 11.5 Å².